The molecular formula is C20H18ClN3S. The highest BCUT2D eigenvalue weighted by Crippen LogP contribution is 2.29. The number of aromatic nitrogens is 1. The van der Waals surface area contributed by atoms with Crippen LogP contribution in [0, 0.1) is 0 Å². The van der Waals surface area contributed by atoms with Crippen molar-refractivity contribution in [2.75, 3.05) is 18.4 Å². The number of nitrogens with zero attached hydrogens (tertiary/aromatic N) is 1. The van der Waals surface area contributed by atoms with Gasteiger partial charge >= 0.3 is 0 Å². The molecule has 1 aliphatic heterocycles. The van der Waals surface area contributed by atoms with Crippen molar-refractivity contribution in [3.63, 3.8) is 0 Å². The number of aromatic amines is 1. The van der Waals surface area contributed by atoms with E-state index in [1.807, 2.05) is 24.3 Å². The zero-order valence-corrected chi connectivity index (χ0v) is 15.2. The standard InChI is InChI=1S/C20H18ClN3S/c21-15-5-7-16(8-6-15)23-20(25)24-11-9-14(10-12-24)18-13-22-19-4-2-1-3-17(18)19/h1-9,13,22H,10-12H2,(H,23,25). The summed E-state index contributed by atoms with van der Waals surface area (Å²) in [5.74, 6) is 0. The molecule has 0 saturated carbocycles. The van der Waals surface area contributed by atoms with Crippen LogP contribution in [0.2, 0.25) is 5.02 Å². The van der Waals surface area contributed by atoms with E-state index in [2.05, 4.69) is 51.7 Å². The average molecular weight is 368 g/mol. The van der Waals surface area contributed by atoms with Gasteiger partial charge in [0.15, 0.2) is 5.11 Å². The molecular weight excluding hydrogens is 350 g/mol. The maximum atomic E-state index is 5.92. The first kappa shape index (κ1) is 16.2. The van der Waals surface area contributed by atoms with Crippen molar-refractivity contribution in [3.05, 3.63) is 71.4 Å². The predicted octanol–water partition coefficient (Wildman–Crippen LogP) is 5.31. The minimum Gasteiger partial charge on any atom is -0.361 e. The molecule has 0 saturated heterocycles. The fourth-order valence-corrected chi connectivity index (χ4v) is 3.58. The lowest BCUT2D eigenvalue weighted by Crippen LogP contribution is -2.37. The van der Waals surface area contributed by atoms with Crippen LogP contribution in [0.3, 0.4) is 0 Å². The highest BCUT2D eigenvalue weighted by atomic mass is 35.5. The van der Waals surface area contributed by atoms with Crippen LogP contribution in [-0.2, 0) is 0 Å². The fraction of sp³-hybridized carbons (Fsp3) is 0.150. The summed E-state index contributed by atoms with van der Waals surface area (Å²) < 4.78 is 0. The minimum atomic E-state index is 0.723. The lowest BCUT2D eigenvalue weighted by atomic mass is 9.99. The number of anilines is 1. The van der Waals surface area contributed by atoms with E-state index in [1.54, 1.807) is 0 Å². The van der Waals surface area contributed by atoms with Crippen LogP contribution in [0.15, 0.2) is 60.8 Å². The highest BCUT2D eigenvalue weighted by molar-refractivity contribution is 7.80. The lowest BCUT2D eigenvalue weighted by molar-refractivity contribution is 0.466. The number of halogens is 1. The Labute approximate surface area is 157 Å². The molecule has 0 bridgehead atoms. The summed E-state index contributed by atoms with van der Waals surface area (Å²) in [5.41, 5.74) is 4.82. The number of fused-ring (bicyclic) bond motifs is 1. The van der Waals surface area contributed by atoms with E-state index < -0.39 is 0 Å². The third-order valence-corrected chi connectivity index (χ3v) is 5.14. The summed E-state index contributed by atoms with van der Waals surface area (Å²) in [7, 11) is 0. The Balaban J connectivity index is 1.46. The second-order valence-corrected chi connectivity index (χ2v) is 6.93. The molecule has 0 atom stereocenters. The number of rotatable bonds is 2. The highest BCUT2D eigenvalue weighted by Gasteiger charge is 2.17. The molecule has 3 nitrogen and oxygen atoms in total. The number of nitrogens with one attached hydrogen (secondary N) is 2. The minimum absolute atomic E-state index is 0.723. The topological polar surface area (TPSA) is 31.1 Å². The summed E-state index contributed by atoms with van der Waals surface area (Å²) in [5, 5.41) is 6.03. The Bertz CT molecular complexity index is 943. The van der Waals surface area contributed by atoms with Gasteiger partial charge in [0.2, 0.25) is 0 Å². The van der Waals surface area contributed by atoms with Crippen LogP contribution in [0.4, 0.5) is 5.69 Å². The van der Waals surface area contributed by atoms with Gasteiger partial charge in [0, 0.05) is 46.5 Å². The predicted molar refractivity (Wildman–Crippen MR) is 110 cm³/mol. The first-order valence-electron chi connectivity index (χ1n) is 8.28. The van der Waals surface area contributed by atoms with E-state index in [0.717, 1.165) is 35.3 Å². The SMILES string of the molecule is S=C(Nc1ccc(Cl)cc1)N1CC=C(c2c[nH]c3ccccc23)CC1. The zero-order valence-electron chi connectivity index (χ0n) is 13.6. The molecule has 2 aromatic carbocycles. The van der Waals surface area contributed by atoms with Crippen molar-refractivity contribution in [3.8, 4) is 0 Å². The Morgan fingerprint density at radius 3 is 2.68 bits per heavy atom. The van der Waals surface area contributed by atoms with Crippen molar-refractivity contribution in [2.45, 2.75) is 6.42 Å². The van der Waals surface area contributed by atoms with Gasteiger partial charge in [-0.05, 0) is 54.5 Å². The van der Waals surface area contributed by atoms with Crippen LogP contribution >= 0.6 is 23.8 Å². The average Bonchev–Trinajstić information content (AvgIpc) is 3.08. The van der Waals surface area contributed by atoms with Crippen molar-refractivity contribution < 1.29 is 0 Å². The molecule has 1 aromatic heterocycles. The Hall–Kier alpha value is -2.30. The van der Waals surface area contributed by atoms with Gasteiger partial charge in [-0.2, -0.15) is 0 Å². The zero-order chi connectivity index (χ0) is 17.2. The molecule has 0 fully saturated rings. The van der Waals surface area contributed by atoms with Gasteiger partial charge in [-0.3, -0.25) is 0 Å². The monoisotopic (exact) mass is 367 g/mol. The van der Waals surface area contributed by atoms with Crippen LogP contribution in [0.5, 0.6) is 0 Å². The molecule has 0 amide bonds. The summed E-state index contributed by atoms with van der Waals surface area (Å²) in [6, 6.07) is 16.0. The van der Waals surface area contributed by atoms with Crippen LogP contribution in [-0.4, -0.2) is 28.1 Å². The number of para-hydroxylation sites is 1. The molecule has 3 aromatic rings. The molecule has 0 spiro atoms. The molecule has 4 rings (SSSR count). The quantitative estimate of drug-likeness (QED) is 0.602. The number of thiocarbonyl (C=S) groups is 1. The van der Waals surface area contributed by atoms with Gasteiger partial charge in [0.1, 0.15) is 0 Å². The number of hydrogen-bond donors (Lipinski definition) is 2. The molecule has 1 aliphatic rings. The second-order valence-electron chi connectivity index (χ2n) is 6.11. The lowest BCUT2D eigenvalue weighted by Gasteiger charge is -2.29. The van der Waals surface area contributed by atoms with Crippen molar-refractivity contribution in [1.29, 1.82) is 0 Å². The van der Waals surface area contributed by atoms with Crippen molar-refractivity contribution in [2.24, 2.45) is 0 Å². The van der Waals surface area contributed by atoms with E-state index >= 15 is 0 Å². The molecule has 0 aliphatic carbocycles. The summed E-state index contributed by atoms with van der Waals surface area (Å²) in [6.07, 6.45) is 5.36. The number of benzene rings is 2. The summed E-state index contributed by atoms with van der Waals surface area (Å²) in [6.45, 7) is 1.72. The smallest absolute Gasteiger partial charge is 0.173 e. The van der Waals surface area contributed by atoms with Gasteiger partial charge in [0.25, 0.3) is 0 Å². The molecule has 0 radical (unpaired) electrons. The van der Waals surface area contributed by atoms with Gasteiger partial charge in [-0.15, -0.1) is 0 Å². The molecule has 2 N–H and O–H groups in total. The molecule has 5 heteroatoms. The summed E-state index contributed by atoms with van der Waals surface area (Å²) >= 11 is 11.5. The molecule has 0 unspecified atom stereocenters. The van der Waals surface area contributed by atoms with E-state index in [9.17, 15) is 0 Å². The van der Waals surface area contributed by atoms with Crippen LogP contribution in [0.1, 0.15) is 12.0 Å². The number of hydrogen-bond acceptors (Lipinski definition) is 1. The van der Waals surface area contributed by atoms with Crippen molar-refractivity contribution in [1.82, 2.24) is 9.88 Å². The van der Waals surface area contributed by atoms with Crippen molar-refractivity contribution >= 4 is 51.1 Å². The normalized spacial score (nSPS) is 14.4. The Kier molecular flexibility index (Phi) is 4.47. The van der Waals surface area contributed by atoms with E-state index in [4.69, 9.17) is 23.8 Å². The van der Waals surface area contributed by atoms with Gasteiger partial charge < -0.3 is 15.2 Å². The van der Waals surface area contributed by atoms with E-state index in [-0.39, 0.29) is 0 Å². The third-order valence-electron chi connectivity index (χ3n) is 4.53. The molecule has 126 valence electrons. The van der Waals surface area contributed by atoms with Crippen LogP contribution in [0.25, 0.3) is 16.5 Å². The first-order valence-corrected chi connectivity index (χ1v) is 9.06. The van der Waals surface area contributed by atoms with Gasteiger partial charge in [-0.1, -0.05) is 35.9 Å². The number of H-pyrrole nitrogens is 1. The van der Waals surface area contributed by atoms with Gasteiger partial charge in [0.05, 0.1) is 0 Å². The Morgan fingerprint density at radius 2 is 1.92 bits per heavy atom. The first-order chi connectivity index (χ1) is 12.2. The Morgan fingerprint density at radius 1 is 1.12 bits per heavy atom. The van der Waals surface area contributed by atoms with E-state index in [0.29, 0.717) is 0 Å². The molecule has 25 heavy (non-hydrogen) atoms. The van der Waals surface area contributed by atoms with Gasteiger partial charge in [-0.25, -0.2) is 0 Å². The van der Waals surface area contributed by atoms with E-state index in [1.165, 1.54) is 22.0 Å². The maximum Gasteiger partial charge on any atom is 0.173 e. The largest absolute Gasteiger partial charge is 0.361 e. The maximum absolute atomic E-state index is 5.92. The second kappa shape index (κ2) is 6.90. The third kappa shape index (κ3) is 3.41. The fourth-order valence-electron chi connectivity index (χ4n) is 3.17. The summed E-state index contributed by atoms with van der Waals surface area (Å²) in [4.78, 5) is 5.54. The van der Waals surface area contributed by atoms with Crippen LogP contribution < -0.4 is 5.32 Å². The molecule has 2 heterocycles.